The van der Waals surface area contributed by atoms with Gasteiger partial charge < -0.3 is 19.5 Å². The molecule has 35 heavy (non-hydrogen) atoms. The van der Waals surface area contributed by atoms with Gasteiger partial charge in [0.2, 0.25) is 0 Å². The molecule has 0 unspecified atom stereocenters. The first-order chi connectivity index (χ1) is 17.0. The SMILES string of the molecule is COc1ccc(COC(=O)[C@H](CC(C)C)NC(=O)OCC2c3ccccc3-c3ccccc32)cc1. The van der Waals surface area contributed by atoms with Crippen LogP contribution in [0.1, 0.15) is 42.9 Å². The zero-order valence-electron chi connectivity index (χ0n) is 20.3. The van der Waals surface area contributed by atoms with Gasteiger partial charge in [0.05, 0.1) is 7.11 Å². The summed E-state index contributed by atoms with van der Waals surface area (Å²) in [6, 6.07) is 22.8. The Balaban J connectivity index is 1.36. The molecule has 0 aromatic heterocycles. The van der Waals surface area contributed by atoms with Gasteiger partial charge in [-0.3, -0.25) is 0 Å². The second-order valence-corrected chi connectivity index (χ2v) is 9.11. The third-order valence-corrected chi connectivity index (χ3v) is 6.17. The second-order valence-electron chi connectivity index (χ2n) is 9.11. The van der Waals surface area contributed by atoms with E-state index in [0.29, 0.717) is 6.42 Å². The molecule has 3 aromatic rings. The highest BCUT2D eigenvalue weighted by atomic mass is 16.6. The Morgan fingerprint density at radius 1 is 0.857 bits per heavy atom. The van der Waals surface area contributed by atoms with Crippen molar-refractivity contribution in [2.24, 2.45) is 5.92 Å². The number of nitrogens with one attached hydrogen (secondary N) is 1. The fourth-order valence-electron chi connectivity index (χ4n) is 4.44. The zero-order chi connectivity index (χ0) is 24.8. The van der Waals surface area contributed by atoms with Gasteiger partial charge in [-0.1, -0.05) is 74.5 Å². The van der Waals surface area contributed by atoms with E-state index in [-0.39, 0.29) is 25.0 Å². The average molecular weight is 474 g/mol. The quantitative estimate of drug-likeness (QED) is 0.404. The first-order valence-corrected chi connectivity index (χ1v) is 11.9. The first-order valence-electron chi connectivity index (χ1n) is 11.9. The van der Waals surface area contributed by atoms with Crippen molar-refractivity contribution in [3.05, 3.63) is 89.5 Å². The molecule has 0 bridgehead atoms. The molecule has 0 fully saturated rings. The molecular formula is C29H31NO5. The number of hydrogen-bond donors (Lipinski definition) is 1. The van der Waals surface area contributed by atoms with E-state index in [1.807, 2.05) is 62.4 Å². The second kappa shape index (κ2) is 11.1. The van der Waals surface area contributed by atoms with Crippen molar-refractivity contribution in [3.8, 4) is 16.9 Å². The van der Waals surface area contributed by atoms with Crippen molar-refractivity contribution in [2.75, 3.05) is 13.7 Å². The van der Waals surface area contributed by atoms with Crippen LogP contribution in [0.25, 0.3) is 11.1 Å². The summed E-state index contributed by atoms with van der Waals surface area (Å²) >= 11 is 0. The number of fused-ring (bicyclic) bond motifs is 3. The number of methoxy groups -OCH3 is 1. The monoisotopic (exact) mass is 473 g/mol. The molecule has 6 heteroatoms. The Labute approximate surface area is 206 Å². The van der Waals surface area contributed by atoms with E-state index < -0.39 is 18.1 Å². The third-order valence-electron chi connectivity index (χ3n) is 6.17. The first kappa shape index (κ1) is 24.3. The van der Waals surface area contributed by atoms with Crippen LogP contribution in [-0.4, -0.2) is 31.8 Å². The summed E-state index contributed by atoms with van der Waals surface area (Å²) in [5.41, 5.74) is 5.44. The van der Waals surface area contributed by atoms with Gasteiger partial charge in [-0.25, -0.2) is 9.59 Å². The van der Waals surface area contributed by atoms with Crippen molar-refractivity contribution in [1.82, 2.24) is 5.32 Å². The normalized spacial score (nSPS) is 13.0. The highest BCUT2D eigenvalue weighted by Crippen LogP contribution is 2.44. The number of hydrogen-bond acceptors (Lipinski definition) is 5. The molecular weight excluding hydrogens is 442 g/mol. The van der Waals surface area contributed by atoms with Gasteiger partial charge in [0.1, 0.15) is 25.0 Å². The molecule has 1 aliphatic carbocycles. The Morgan fingerprint density at radius 2 is 1.46 bits per heavy atom. The summed E-state index contributed by atoms with van der Waals surface area (Å²) in [5, 5.41) is 2.72. The Hall–Kier alpha value is -3.80. The minimum atomic E-state index is -0.788. The molecule has 0 aliphatic heterocycles. The van der Waals surface area contributed by atoms with Crippen LogP contribution in [0.3, 0.4) is 0 Å². The Bertz CT molecular complexity index is 1130. The van der Waals surface area contributed by atoms with E-state index in [9.17, 15) is 9.59 Å². The molecule has 3 aromatic carbocycles. The largest absolute Gasteiger partial charge is 0.497 e. The molecule has 4 rings (SSSR count). The molecule has 0 spiro atoms. The highest BCUT2D eigenvalue weighted by molar-refractivity contribution is 5.82. The van der Waals surface area contributed by atoms with Gasteiger partial charge in [0, 0.05) is 5.92 Å². The highest BCUT2D eigenvalue weighted by Gasteiger charge is 2.30. The molecule has 0 saturated heterocycles. The lowest BCUT2D eigenvalue weighted by Crippen LogP contribution is -2.43. The van der Waals surface area contributed by atoms with Crippen LogP contribution >= 0.6 is 0 Å². The van der Waals surface area contributed by atoms with E-state index in [1.54, 1.807) is 7.11 Å². The van der Waals surface area contributed by atoms with Crippen molar-refractivity contribution in [3.63, 3.8) is 0 Å². The molecule has 0 saturated carbocycles. The molecule has 182 valence electrons. The number of ether oxygens (including phenoxy) is 3. The lowest BCUT2D eigenvalue weighted by atomic mass is 9.98. The Morgan fingerprint density at radius 3 is 2.03 bits per heavy atom. The summed E-state index contributed by atoms with van der Waals surface area (Å²) in [5.74, 6) is 0.388. The van der Waals surface area contributed by atoms with E-state index in [2.05, 4.69) is 29.6 Å². The molecule has 0 heterocycles. The number of benzene rings is 3. The maximum Gasteiger partial charge on any atom is 0.407 e. The average Bonchev–Trinajstić information content (AvgIpc) is 3.19. The number of rotatable bonds is 9. The molecule has 1 N–H and O–H groups in total. The van der Waals surface area contributed by atoms with Gasteiger partial charge in [-0.15, -0.1) is 0 Å². The van der Waals surface area contributed by atoms with Gasteiger partial charge >= 0.3 is 12.1 Å². The van der Waals surface area contributed by atoms with Crippen molar-refractivity contribution >= 4 is 12.1 Å². The summed E-state index contributed by atoms with van der Waals surface area (Å²) in [6.45, 7) is 4.28. The smallest absolute Gasteiger partial charge is 0.407 e. The van der Waals surface area contributed by atoms with E-state index >= 15 is 0 Å². The van der Waals surface area contributed by atoms with Crippen LogP contribution in [-0.2, 0) is 20.9 Å². The van der Waals surface area contributed by atoms with Crippen LogP contribution in [0, 0.1) is 5.92 Å². The van der Waals surface area contributed by atoms with E-state index in [4.69, 9.17) is 14.2 Å². The van der Waals surface area contributed by atoms with E-state index in [0.717, 1.165) is 33.6 Å². The molecule has 1 aliphatic rings. The van der Waals surface area contributed by atoms with Crippen LogP contribution in [0.5, 0.6) is 5.75 Å². The number of carbonyl (C=O) groups excluding carboxylic acids is 2. The molecule has 0 radical (unpaired) electrons. The molecule has 6 nitrogen and oxygen atoms in total. The predicted octanol–water partition coefficient (Wildman–Crippen LogP) is 5.69. The van der Waals surface area contributed by atoms with Crippen molar-refractivity contribution in [2.45, 2.75) is 38.8 Å². The number of carbonyl (C=O) groups is 2. The van der Waals surface area contributed by atoms with Crippen molar-refractivity contribution in [1.29, 1.82) is 0 Å². The minimum absolute atomic E-state index is 0.0428. The lowest BCUT2D eigenvalue weighted by molar-refractivity contribution is -0.147. The zero-order valence-corrected chi connectivity index (χ0v) is 20.3. The van der Waals surface area contributed by atoms with E-state index in [1.165, 1.54) is 0 Å². The van der Waals surface area contributed by atoms with Crippen molar-refractivity contribution < 1.29 is 23.8 Å². The standard InChI is InChI=1S/C29H31NO5/c1-19(2)16-27(28(31)34-17-20-12-14-21(33-3)15-13-20)30-29(32)35-18-26-24-10-6-4-8-22(24)23-9-5-7-11-25(23)26/h4-15,19,26-27H,16-18H2,1-3H3,(H,30,32)/t27-/m0/s1. The Kier molecular flexibility index (Phi) is 7.70. The van der Waals surface area contributed by atoms with Crippen LogP contribution < -0.4 is 10.1 Å². The number of esters is 1. The fraction of sp³-hybridized carbons (Fsp3) is 0.310. The molecule has 1 atom stereocenters. The van der Waals surface area contributed by atoms with Gasteiger partial charge in [-0.2, -0.15) is 0 Å². The fourth-order valence-corrected chi connectivity index (χ4v) is 4.44. The summed E-state index contributed by atoms with van der Waals surface area (Å²) in [7, 11) is 1.60. The predicted molar refractivity (Wildman–Crippen MR) is 134 cm³/mol. The third kappa shape index (κ3) is 5.83. The topological polar surface area (TPSA) is 73.9 Å². The van der Waals surface area contributed by atoms with Crippen LogP contribution in [0.15, 0.2) is 72.8 Å². The lowest BCUT2D eigenvalue weighted by Gasteiger charge is -2.20. The van der Waals surface area contributed by atoms with Gasteiger partial charge in [0.25, 0.3) is 0 Å². The van der Waals surface area contributed by atoms with Gasteiger partial charge in [-0.05, 0) is 52.3 Å². The minimum Gasteiger partial charge on any atom is -0.497 e. The summed E-state index contributed by atoms with van der Waals surface area (Å²) < 4.78 is 16.3. The maximum absolute atomic E-state index is 12.8. The summed E-state index contributed by atoms with van der Waals surface area (Å²) in [6.07, 6.45) is -0.176. The maximum atomic E-state index is 12.8. The number of alkyl carbamates (subject to hydrolysis) is 1. The summed E-state index contributed by atoms with van der Waals surface area (Å²) in [4.78, 5) is 25.5. The molecule has 1 amide bonds. The van der Waals surface area contributed by atoms with Crippen LogP contribution in [0.2, 0.25) is 0 Å². The number of amides is 1. The van der Waals surface area contributed by atoms with Gasteiger partial charge in [0.15, 0.2) is 0 Å². The van der Waals surface area contributed by atoms with Crippen LogP contribution in [0.4, 0.5) is 4.79 Å².